The van der Waals surface area contributed by atoms with Crippen LogP contribution in [0.4, 0.5) is 4.79 Å². The molecule has 0 aromatic carbocycles. The van der Waals surface area contributed by atoms with E-state index >= 15 is 0 Å². The zero-order valence-electron chi connectivity index (χ0n) is 37.2. The number of amides is 7. The average Bonchev–Trinajstić information content (AvgIpc) is 3.78. The van der Waals surface area contributed by atoms with Crippen molar-refractivity contribution >= 4 is 75.1 Å². The molecule has 21 nitrogen and oxygen atoms in total. The fourth-order valence-electron chi connectivity index (χ4n) is 6.62. The Hall–Kier alpha value is -3.80. The lowest BCUT2D eigenvalue weighted by Gasteiger charge is -2.25. The van der Waals surface area contributed by atoms with Gasteiger partial charge in [0.1, 0.15) is 18.1 Å². The second-order valence-corrected chi connectivity index (χ2v) is 19.5. The molecule has 8 N–H and O–H groups in total. The molecule has 2 heterocycles. The Labute approximate surface area is 381 Å². The molecule has 2 fully saturated rings. The Morgan fingerprint density at radius 2 is 1.68 bits per heavy atom. The van der Waals surface area contributed by atoms with E-state index in [1.807, 2.05) is 25.6 Å². The minimum atomic E-state index is -1.39. The number of azide groups is 1. The molecule has 0 radical (unpaired) electrons. The van der Waals surface area contributed by atoms with Gasteiger partial charge < -0.3 is 55.9 Å². The van der Waals surface area contributed by atoms with Crippen LogP contribution in [0.3, 0.4) is 0 Å². The summed E-state index contributed by atoms with van der Waals surface area (Å²) in [5.41, 5.74) is 7.87. The van der Waals surface area contributed by atoms with Crippen LogP contribution in [0.1, 0.15) is 105 Å². The first-order valence-electron chi connectivity index (χ1n) is 21.8. The number of carboxylic acids is 1. The summed E-state index contributed by atoms with van der Waals surface area (Å²) in [6.45, 7) is 8.59. The van der Waals surface area contributed by atoms with Crippen molar-refractivity contribution in [2.24, 2.45) is 5.11 Å². The Kier molecular flexibility index (Phi) is 28.1. The number of urea groups is 1. The standard InChI is InChI=1S/C39H70N10O11S2Si/c1-26(44-27(2)50)35(53)46-28(12-8-10-18-43-49-40)36(54)42-19-21-59-63-60-39(3,4)25-58-20-11-22-61-23-16-33(52)45-29(37(55)56)13-7-9-17-41-32(51)15-6-5-14-31-34-30(24-62-31)47-38(57)48-34/h26,28-31,34H,5-25,63H2,1-4H3,(H,41,51)(H,42,54)(H,44,50)(H,45,52)(H,46,53)(H,55,56)(H2,47,48,57)/t26-,28-,29-,30?,31?,34?/m1/s1. The van der Waals surface area contributed by atoms with Crippen LogP contribution in [0.15, 0.2) is 5.11 Å². The molecule has 2 aliphatic rings. The van der Waals surface area contributed by atoms with Crippen molar-refractivity contribution in [2.45, 2.75) is 146 Å². The SMILES string of the molecule is CC(=O)N[C@H](C)C(=O)N[C@H](CCCCN=[N+]=[N-])C(=O)NCCO[SiH2]OC(C)(C)COCCCSCCC(=O)N[C@H](CCCCNC(=O)CCCCC1SCC2NC(=O)NC21)C(=O)O. The fraction of sp³-hybridized carbons (Fsp3) is 0.821. The zero-order valence-corrected chi connectivity index (χ0v) is 40.3. The molecule has 0 aromatic rings. The number of thioether (sulfide) groups is 2. The smallest absolute Gasteiger partial charge is 0.326 e. The van der Waals surface area contributed by atoms with Crippen LogP contribution in [0.5, 0.6) is 0 Å². The van der Waals surface area contributed by atoms with Gasteiger partial charge in [0.2, 0.25) is 29.5 Å². The minimum Gasteiger partial charge on any atom is -0.480 e. The molecule has 2 aliphatic heterocycles. The van der Waals surface area contributed by atoms with E-state index in [4.69, 9.17) is 19.1 Å². The number of ether oxygens (including phenoxy) is 1. The molecule has 3 unspecified atom stereocenters. The number of nitrogens with zero attached hydrogens (tertiary/aromatic N) is 3. The Morgan fingerprint density at radius 1 is 0.921 bits per heavy atom. The highest BCUT2D eigenvalue weighted by Gasteiger charge is 2.42. The Balaban J connectivity index is 1.47. The lowest BCUT2D eigenvalue weighted by Crippen LogP contribution is -2.52. The van der Waals surface area contributed by atoms with E-state index in [1.165, 1.54) is 13.8 Å². The number of carbonyl (C=O) groups is 7. The van der Waals surface area contributed by atoms with Gasteiger partial charge in [-0.2, -0.15) is 23.5 Å². The van der Waals surface area contributed by atoms with E-state index in [9.17, 15) is 38.7 Å². The van der Waals surface area contributed by atoms with Crippen LogP contribution < -0.4 is 37.2 Å². The van der Waals surface area contributed by atoms with Crippen molar-refractivity contribution in [1.29, 1.82) is 0 Å². The summed E-state index contributed by atoms with van der Waals surface area (Å²) in [6, 6.07) is -2.37. The lowest BCUT2D eigenvalue weighted by atomic mass is 10.0. The molecule has 0 aromatic heterocycles. The molecule has 7 amide bonds. The van der Waals surface area contributed by atoms with Gasteiger partial charge in [0, 0.05) is 67.7 Å². The maximum absolute atomic E-state index is 12.8. The number of nitrogens with one attached hydrogen (secondary N) is 7. The maximum atomic E-state index is 12.8. The van der Waals surface area contributed by atoms with Gasteiger partial charge in [0.25, 0.3) is 0 Å². The lowest BCUT2D eigenvalue weighted by molar-refractivity contribution is -0.142. The van der Waals surface area contributed by atoms with E-state index in [2.05, 4.69) is 47.2 Å². The third-order valence-corrected chi connectivity index (χ3v) is 14.0. The number of aliphatic carboxylic acids is 1. The number of carbonyl (C=O) groups excluding carboxylic acids is 6. The van der Waals surface area contributed by atoms with Gasteiger partial charge in [-0.3, -0.25) is 24.0 Å². The van der Waals surface area contributed by atoms with E-state index in [-0.39, 0.29) is 68.4 Å². The molecule has 358 valence electrons. The number of carboxylic acid groups (broad SMARTS) is 1. The van der Waals surface area contributed by atoms with Gasteiger partial charge >= 0.3 is 22.0 Å². The summed E-state index contributed by atoms with van der Waals surface area (Å²) in [7, 11) is -1.39. The van der Waals surface area contributed by atoms with E-state index in [0.29, 0.717) is 69.3 Å². The summed E-state index contributed by atoms with van der Waals surface area (Å²) in [5, 5.41) is 32.8. The number of hydrogen-bond acceptors (Lipinski definition) is 13. The predicted molar refractivity (Wildman–Crippen MR) is 244 cm³/mol. The van der Waals surface area contributed by atoms with Crippen LogP contribution in [0.25, 0.3) is 10.4 Å². The largest absolute Gasteiger partial charge is 0.480 e. The second kappa shape index (κ2) is 31.9. The topological polar surface area (TPSA) is 300 Å². The number of hydrogen-bond donors (Lipinski definition) is 8. The van der Waals surface area contributed by atoms with E-state index < -0.39 is 51.5 Å². The first-order chi connectivity index (χ1) is 30.1. The molecule has 2 saturated heterocycles. The first kappa shape index (κ1) is 55.3. The van der Waals surface area contributed by atoms with Gasteiger partial charge in [0.15, 0.2) is 0 Å². The summed E-state index contributed by atoms with van der Waals surface area (Å²) in [4.78, 5) is 87.3. The van der Waals surface area contributed by atoms with Crippen LogP contribution in [-0.4, -0.2) is 154 Å². The molecular formula is C39H70N10O11S2Si. The van der Waals surface area contributed by atoms with Gasteiger partial charge in [-0.15, -0.1) is 0 Å². The number of fused-ring (bicyclic) bond motifs is 1. The van der Waals surface area contributed by atoms with Crippen LogP contribution >= 0.6 is 23.5 Å². The number of unbranched alkanes of at least 4 members (excludes halogenated alkanes) is 3. The highest BCUT2D eigenvalue weighted by atomic mass is 32.2. The molecule has 24 heteroatoms. The molecule has 63 heavy (non-hydrogen) atoms. The van der Waals surface area contributed by atoms with Gasteiger partial charge in [-0.1, -0.05) is 18.0 Å². The quantitative estimate of drug-likeness (QED) is 0.0111. The molecule has 0 spiro atoms. The molecule has 0 aliphatic carbocycles. The van der Waals surface area contributed by atoms with Crippen molar-refractivity contribution < 1.29 is 52.3 Å². The van der Waals surface area contributed by atoms with Crippen molar-refractivity contribution in [3.05, 3.63) is 10.4 Å². The summed E-state index contributed by atoms with van der Waals surface area (Å²) >= 11 is 3.44. The number of rotatable bonds is 36. The van der Waals surface area contributed by atoms with Crippen molar-refractivity contribution in [3.63, 3.8) is 0 Å². The highest BCUT2D eigenvalue weighted by Crippen LogP contribution is 2.33. The maximum Gasteiger partial charge on any atom is 0.326 e. The molecule has 0 bridgehead atoms. The zero-order chi connectivity index (χ0) is 46.5. The van der Waals surface area contributed by atoms with Gasteiger partial charge in [-0.05, 0) is 83.4 Å². The summed E-state index contributed by atoms with van der Waals surface area (Å²) in [5.74, 6) is -0.463. The summed E-state index contributed by atoms with van der Waals surface area (Å²) in [6.07, 6.45) is 6.84. The van der Waals surface area contributed by atoms with E-state index in [0.717, 1.165) is 37.2 Å². The summed E-state index contributed by atoms with van der Waals surface area (Å²) < 4.78 is 17.4. The fourth-order valence-corrected chi connectivity index (χ4v) is 9.77. The molecule has 6 atom stereocenters. The van der Waals surface area contributed by atoms with E-state index in [1.54, 1.807) is 11.8 Å². The van der Waals surface area contributed by atoms with Crippen molar-refractivity contribution in [1.82, 2.24) is 37.2 Å². The molecule has 2 rings (SSSR count). The normalized spacial score (nSPS) is 18.3. The minimum absolute atomic E-state index is 0.0306. The van der Waals surface area contributed by atoms with Gasteiger partial charge in [0.05, 0.1) is 30.9 Å². The second-order valence-electron chi connectivity index (χ2n) is 16.1. The van der Waals surface area contributed by atoms with Crippen molar-refractivity contribution in [2.75, 3.05) is 56.7 Å². The van der Waals surface area contributed by atoms with Crippen LogP contribution in [0.2, 0.25) is 0 Å². The predicted octanol–water partition coefficient (Wildman–Crippen LogP) is 1.51. The third-order valence-electron chi connectivity index (χ3n) is 10.0. The van der Waals surface area contributed by atoms with Gasteiger partial charge in [-0.25, -0.2) is 9.59 Å². The monoisotopic (exact) mass is 946 g/mol. The third kappa shape index (κ3) is 25.3. The molecule has 0 saturated carbocycles. The first-order valence-corrected chi connectivity index (χ1v) is 25.2. The highest BCUT2D eigenvalue weighted by molar-refractivity contribution is 8.00. The Bertz CT molecular complexity index is 1510. The molecular weight excluding hydrogens is 877 g/mol. The van der Waals surface area contributed by atoms with Crippen LogP contribution in [0, 0.1) is 0 Å². The Morgan fingerprint density at radius 3 is 2.43 bits per heavy atom. The average molecular weight is 947 g/mol. The van der Waals surface area contributed by atoms with Crippen LogP contribution in [-0.2, 0) is 42.4 Å². The van der Waals surface area contributed by atoms with Crippen molar-refractivity contribution in [3.8, 4) is 0 Å².